The molecule has 2 saturated heterocycles. The minimum Gasteiger partial charge on any atom is -0.449 e. The number of aliphatic hydroxyl groups is 1. The lowest BCUT2D eigenvalue weighted by Crippen LogP contribution is -2.56. The molecule has 4 atom stereocenters. The Morgan fingerprint density at radius 3 is 2.56 bits per heavy atom. The highest BCUT2D eigenvalue weighted by Gasteiger charge is 2.56. The van der Waals surface area contributed by atoms with Gasteiger partial charge in [0.05, 0.1) is 0 Å². The van der Waals surface area contributed by atoms with Crippen molar-refractivity contribution in [2.24, 2.45) is 0 Å². The normalized spacial score (nSPS) is 41.4. The number of esters is 1. The van der Waals surface area contributed by atoms with E-state index < -0.39 is 42.0 Å². The first kappa shape index (κ1) is 11.5. The van der Waals surface area contributed by atoms with Crippen molar-refractivity contribution >= 4 is 11.8 Å². The quantitative estimate of drug-likeness (QED) is 0.605. The monoisotopic (exact) mass is 230 g/mol. The summed E-state index contributed by atoms with van der Waals surface area (Å²) in [5.74, 6) is -2.03. The molecule has 2 heterocycles. The van der Waals surface area contributed by atoms with Crippen LogP contribution >= 0.6 is 0 Å². The summed E-state index contributed by atoms with van der Waals surface area (Å²) in [6, 6.07) is 0. The lowest BCUT2D eigenvalue weighted by atomic mass is 9.97. The molecule has 2 aliphatic rings. The Hall–Kier alpha value is -0.980. The second-order valence-electron chi connectivity index (χ2n) is 4.48. The number of hydrogen-bond donors (Lipinski definition) is 1. The number of hydrogen-bond acceptors (Lipinski definition) is 6. The van der Waals surface area contributed by atoms with Crippen molar-refractivity contribution in [3.8, 4) is 0 Å². The summed E-state index contributed by atoms with van der Waals surface area (Å²) in [6.07, 6.45) is -4.14. The molecule has 0 radical (unpaired) electrons. The Labute approximate surface area is 92.5 Å². The smallest absolute Gasteiger partial charge is 0.339 e. The van der Waals surface area contributed by atoms with Gasteiger partial charge in [-0.2, -0.15) is 0 Å². The van der Waals surface area contributed by atoms with Gasteiger partial charge in [-0.25, -0.2) is 4.79 Å². The zero-order valence-corrected chi connectivity index (χ0v) is 9.30. The molecule has 16 heavy (non-hydrogen) atoms. The number of rotatable bonds is 1. The van der Waals surface area contributed by atoms with Gasteiger partial charge in [-0.05, 0) is 20.8 Å². The first-order valence-corrected chi connectivity index (χ1v) is 5.06. The van der Waals surface area contributed by atoms with Crippen LogP contribution in [0.4, 0.5) is 0 Å². The number of ketones is 1. The number of carbonyl (C=O) groups excluding carboxylic acids is 2. The minimum absolute atomic E-state index is 0.410. The summed E-state index contributed by atoms with van der Waals surface area (Å²) < 4.78 is 15.5. The second-order valence-corrected chi connectivity index (χ2v) is 4.48. The minimum atomic E-state index is -1.18. The van der Waals surface area contributed by atoms with E-state index in [1.807, 2.05) is 0 Å². The number of cyclic esters (lactones) is 1. The molecule has 0 aromatic rings. The van der Waals surface area contributed by atoms with Crippen molar-refractivity contribution in [2.75, 3.05) is 0 Å². The van der Waals surface area contributed by atoms with Crippen molar-refractivity contribution < 1.29 is 28.9 Å². The Bertz CT molecular complexity index is 336. The van der Waals surface area contributed by atoms with E-state index in [1.165, 1.54) is 6.92 Å². The fourth-order valence-corrected chi connectivity index (χ4v) is 1.98. The maximum absolute atomic E-state index is 11.5. The molecule has 0 aromatic heterocycles. The SMILES string of the molecule is CC(=O)[C@@H]1OC(=O)[C@@H]2OC(C)(C)O[C@@H]2[C@@H]1O. The summed E-state index contributed by atoms with van der Waals surface area (Å²) in [4.78, 5) is 22.7. The molecule has 6 nitrogen and oxygen atoms in total. The molecule has 0 unspecified atom stereocenters. The largest absolute Gasteiger partial charge is 0.449 e. The second kappa shape index (κ2) is 3.51. The molecule has 2 rings (SSSR count). The number of ether oxygens (including phenoxy) is 3. The topological polar surface area (TPSA) is 82.1 Å². The lowest BCUT2D eigenvalue weighted by molar-refractivity contribution is -0.188. The third-order valence-corrected chi connectivity index (χ3v) is 2.65. The maximum Gasteiger partial charge on any atom is 0.339 e. The van der Waals surface area contributed by atoms with Gasteiger partial charge >= 0.3 is 5.97 Å². The van der Waals surface area contributed by atoms with Crippen molar-refractivity contribution in [2.45, 2.75) is 51.0 Å². The Kier molecular flexibility index (Phi) is 2.52. The number of Topliss-reactive ketones (excluding diaryl/α,β-unsaturated/α-hetero) is 1. The van der Waals surface area contributed by atoms with E-state index in [9.17, 15) is 14.7 Å². The molecule has 6 heteroatoms. The van der Waals surface area contributed by atoms with Crippen LogP contribution < -0.4 is 0 Å². The van der Waals surface area contributed by atoms with E-state index in [2.05, 4.69) is 0 Å². The standard InChI is InChI=1S/C10H14O6/c1-4(11)6-5(12)7-8(9(13)14-6)16-10(2,3)15-7/h5-8,12H,1-3H3/t5-,6+,7-,8-/m1/s1. The van der Waals surface area contributed by atoms with Crippen LogP contribution in [0.1, 0.15) is 20.8 Å². The zero-order valence-electron chi connectivity index (χ0n) is 9.30. The van der Waals surface area contributed by atoms with Crippen LogP contribution in [0.15, 0.2) is 0 Å². The van der Waals surface area contributed by atoms with Gasteiger partial charge < -0.3 is 19.3 Å². The van der Waals surface area contributed by atoms with Gasteiger partial charge in [0, 0.05) is 0 Å². The molecular formula is C10H14O6. The number of carbonyl (C=O) groups is 2. The maximum atomic E-state index is 11.5. The average Bonchev–Trinajstić information content (AvgIpc) is 2.48. The lowest BCUT2D eigenvalue weighted by Gasteiger charge is -2.32. The van der Waals surface area contributed by atoms with Crippen LogP contribution in [0.2, 0.25) is 0 Å². The molecule has 0 amide bonds. The van der Waals surface area contributed by atoms with Crippen molar-refractivity contribution in [3.63, 3.8) is 0 Å². The van der Waals surface area contributed by atoms with E-state index in [0.29, 0.717) is 0 Å². The third kappa shape index (κ3) is 1.73. The van der Waals surface area contributed by atoms with Crippen LogP contribution in [0.25, 0.3) is 0 Å². The number of aliphatic hydroxyl groups excluding tert-OH is 1. The summed E-state index contributed by atoms with van der Waals surface area (Å²) in [5, 5.41) is 9.86. The Balaban J connectivity index is 2.24. The first-order chi connectivity index (χ1) is 7.32. The van der Waals surface area contributed by atoms with E-state index >= 15 is 0 Å². The zero-order chi connectivity index (χ0) is 12.1. The van der Waals surface area contributed by atoms with Gasteiger partial charge in [0.2, 0.25) is 0 Å². The van der Waals surface area contributed by atoms with Gasteiger partial charge in [0.1, 0.15) is 12.2 Å². The number of fused-ring (bicyclic) bond motifs is 1. The van der Waals surface area contributed by atoms with Crippen LogP contribution in [0, 0.1) is 0 Å². The van der Waals surface area contributed by atoms with E-state index in [-0.39, 0.29) is 0 Å². The highest BCUT2D eigenvalue weighted by Crippen LogP contribution is 2.35. The van der Waals surface area contributed by atoms with Crippen LogP contribution in [0.5, 0.6) is 0 Å². The van der Waals surface area contributed by atoms with Gasteiger partial charge in [-0.15, -0.1) is 0 Å². The van der Waals surface area contributed by atoms with Crippen molar-refractivity contribution in [1.82, 2.24) is 0 Å². The molecule has 0 spiro atoms. The van der Waals surface area contributed by atoms with Crippen LogP contribution in [0.3, 0.4) is 0 Å². The average molecular weight is 230 g/mol. The molecular weight excluding hydrogens is 216 g/mol. The molecule has 90 valence electrons. The summed E-state index contributed by atoms with van der Waals surface area (Å²) in [6.45, 7) is 4.52. The van der Waals surface area contributed by atoms with Crippen molar-refractivity contribution in [3.05, 3.63) is 0 Å². The molecule has 0 aromatic carbocycles. The molecule has 1 N–H and O–H groups in total. The summed E-state index contributed by atoms with van der Waals surface area (Å²) in [5.41, 5.74) is 0. The fraction of sp³-hybridized carbons (Fsp3) is 0.800. The predicted molar refractivity (Wildman–Crippen MR) is 50.4 cm³/mol. The van der Waals surface area contributed by atoms with E-state index in [4.69, 9.17) is 14.2 Å². The highest BCUT2D eigenvalue weighted by atomic mass is 16.8. The predicted octanol–water partition coefficient (Wildman–Crippen LogP) is -0.618. The Morgan fingerprint density at radius 2 is 2.00 bits per heavy atom. The molecule has 2 fully saturated rings. The van der Waals surface area contributed by atoms with E-state index in [0.717, 1.165) is 0 Å². The summed E-state index contributed by atoms with van der Waals surface area (Å²) in [7, 11) is 0. The molecule has 0 saturated carbocycles. The molecule has 0 bridgehead atoms. The van der Waals surface area contributed by atoms with Crippen LogP contribution in [-0.4, -0.2) is 47.1 Å². The highest BCUT2D eigenvalue weighted by molar-refractivity contribution is 5.87. The molecule has 2 aliphatic heterocycles. The summed E-state index contributed by atoms with van der Waals surface area (Å²) >= 11 is 0. The van der Waals surface area contributed by atoms with Crippen molar-refractivity contribution in [1.29, 1.82) is 0 Å². The van der Waals surface area contributed by atoms with E-state index in [1.54, 1.807) is 13.8 Å². The molecule has 0 aliphatic carbocycles. The fourth-order valence-electron chi connectivity index (χ4n) is 1.98. The van der Waals surface area contributed by atoms with Gasteiger partial charge in [0.25, 0.3) is 0 Å². The van der Waals surface area contributed by atoms with Gasteiger partial charge in [-0.1, -0.05) is 0 Å². The Morgan fingerprint density at radius 1 is 1.38 bits per heavy atom. The first-order valence-electron chi connectivity index (χ1n) is 5.06. The van der Waals surface area contributed by atoms with Crippen LogP contribution in [-0.2, 0) is 23.8 Å². The third-order valence-electron chi connectivity index (χ3n) is 2.65. The van der Waals surface area contributed by atoms with Gasteiger partial charge in [0.15, 0.2) is 23.8 Å². The van der Waals surface area contributed by atoms with Gasteiger partial charge in [-0.3, -0.25) is 4.79 Å².